The number of halogens is 1. The molecule has 0 aromatic heterocycles. The van der Waals surface area contributed by atoms with E-state index in [1.807, 2.05) is 0 Å². The predicted molar refractivity (Wildman–Crippen MR) is 110 cm³/mol. The summed E-state index contributed by atoms with van der Waals surface area (Å²) in [5.41, 5.74) is 2.26. The Balaban J connectivity index is 1.86. The van der Waals surface area contributed by atoms with Crippen LogP contribution in [-0.2, 0) is 14.3 Å². The molecule has 2 aliphatic rings. The Labute approximate surface area is 178 Å². The second-order valence-electron chi connectivity index (χ2n) is 6.85. The number of rotatable bonds is 5. The van der Waals surface area contributed by atoms with Crippen LogP contribution in [-0.4, -0.2) is 39.8 Å². The smallest absolute Gasteiger partial charge is 0.336 e. The van der Waals surface area contributed by atoms with Crippen molar-refractivity contribution in [1.82, 2.24) is 0 Å². The number of anilines is 1. The Morgan fingerprint density at radius 3 is 2.23 bits per heavy atom. The van der Waals surface area contributed by atoms with Crippen molar-refractivity contribution in [1.29, 1.82) is 0 Å². The summed E-state index contributed by atoms with van der Waals surface area (Å²) in [6.45, 7) is 0.0225. The maximum atomic E-state index is 13.2. The van der Waals surface area contributed by atoms with Crippen molar-refractivity contribution in [3.8, 4) is 17.2 Å². The normalized spacial score (nSPS) is 18.3. The molecule has 0 saturated heterocycles. The van der Waals surface area contributed by atoms with Crippen LogP contribution in [0.2, 0.25) is 5.02 Å². The Kier molecular flexibility index (Phi) is 5.30. The second kappa shape index (κ2) is 7.91. The van der Waals surface area contributed by atoms with Crippen molar-refractivity contribution in [2.75, 3.05) is 32.8 Å². The van der Waals surface area contributed by atoms with E-state index in [1.54, 1.807) is 36.4 Å². The SMILES string of the molecule is COc1cc(OC)c([C@@H]2CC(=O)N(c3ccc(Cl)cc3)C3=C2C(=O)OC3)cc1OC. The lowest BCUT2D eigenvalue weighted by Crippen LogP contribution is -2.37. The highest BCUT2D eigenvalue weighted by Gasteiger charge is 2.44. The molecule has 0 N–H and O–H groups in total. The molecule has 2 aromatic rings. The van der Waals surface area contributed by atoms with Crippen LogP contribution >= 0.6 is 11.6 Å². The molecule has 1 atom stereocenters. The van der Waals surface area contributed by atoms with Gasteiger partial charge in [-0.25, -0.2) is 4.79 Å². The number of carbonyl (C=O) groups is 2. The van der Waals surface area contributed by atoms with Gasteiger partial charge in [0.25, 0.3) is 0 Å². The van der Waals surface area contributed by atoms with E-state index in [-0.39, 0.29) is 18.9 Å². The van der Waals surface area contributed by atoms with Crippen LogP contribution in [0.25, 0.3) is 0 Å². The third kappa shape index (κ3) is 3.25. The summed E-state index contributed by atoms with van der Waals surface area (Å²) < 4.78 is 21.6. The van der Waals surface area contributed by atoms with Crippen molar-refractivity contribution in [3.63, 3.8) is 0 Å². The lowest BCUT2D eigenvalue weighted by atomic mass is 9.83. The summed E-state index contributed by atoms with van der Waals surface area (Å²) >= 11 is 5.98. The Bertz CT molecular complexity index is 1050. The van der Waals surface area contributed by atoms with Gasteiger partial charge in [0.15, 0.2) is 11.5 Å². The Morgan fingerprint density at radius 1 is 0.967 bits per heavy atom. The van der Waals surface area contributed by atoms with Crippen LogP contribution in [0.1, 0.15) is 17.9 Å². The molecular formula is C22H20ClNO6. The van der Waals surface area contributed by atoms with Gasteiger partial charge >= 0.3 is 5.97 Å². The lowest BCUT2D eigenvalue weighted by molar-refractivity contribution is -0.136. The number of amides is 1. The molecule has 2 heterocycles. The molecule has 0 aliphatic carbocycles. The van der Waals surface area contributed by atoms with Crippen LogP contribution in [0.4, 0.5) is 5.69 Å². The fourth-order valence-corrected chi connectivity index (χ4v) is 4.06. The molecular weight excluding hydrogens is 410 g/mol. The molecule has 4 rings (SSSR count). The number of carbonyl (C=O) groups excluding carboxylic acids is 2. The Hall–Kier alpha value is -3.19. The topological polar surface area (TPSA) is 74.3 Å². The van der Waals surface area contributed by atoms with E-state index in [0.29, 0.717) is 44.8 Å². The molecule has 8 heteroatoms. The average molecular weight is 430 g/mol. The van der Waals surface area contributed by atoms with Crippen LogP contribution in [0.3, 0.4) is 0 Å². The highest BCUT2D eigenvalue weighted by molar-refractivity contribution is 6.30. The van der Waals surface area contributed by atoms with Crippen molar-refractivity contribution in [2.24, 2.45) is 0 Å². The van der Waals surface area contributed by atoms with Crippen LogP contribution in [0.15, 0.2) is 47.7 Å². The first-order valence-electron chi connectivity index (χ1n) is 9.27. The molecule has 0 unspecified atom stereocenters. The van der Waals surface area contributed by atoms with Crippen molar-refractivity contribution >= 4 is 29.2 Å². The van der Waals surface area contributed by atoms with Gasteiger partial charge in [-0.2, -0.15) is 0 Å². The minimum absolute atomic E-state index is 0.0225. The van der Waals surface area contributed by atoms with Gasteiger partial charge in [-0.3, -0.25) is 9.69 Å². The molecule has 1 amide bonds. The summed E-state index contributed by atoms with van der Waals surface area (Å²) in [5, 5.41) is 0.559. The highest BCUT2D eigenvalue weighted by atomic mass is 35.5. The zero-order valence-electron chi connectivity index (χ0n) is 16.7. The van der Waals surface area contributed by atoms with Gasteiger partial charge in [0, 0.05) is 34.7 Å². The monoisotopic (exact) mass is 429 g/mol. The third-order valence-corrected chi connectivity index (χ3v) is 5.57. The molecule has 30 heavy (non-hydrogen) atoms. The van der Waals surface area contributed by atoms with Gasteiger partial charge in [-0.15, -0.1) is 0 Å². The molecule has 0 radical (unpaired) electrons. The van der Waals surface area contributed by atoms with Crippen molar-refractivity contribution in [2.45, 2.75) is 12.3 Å². The van der Waals surface area contributed by atoms with Gasteiger partial charge < -0.3 is 18.9 Å². The van der Waals surface area contributed by atoms with Crippen LogP contribution in [0.5, 0.6) is 17.2 Å². The van der Waals surface area contributed by atoms with E-state index in [1.165, 1.54) is 26.2 Å². The number of hydrogen-bond acceptors (Lipinski definition) is 6. The number of methoxy groups -OCH3 is 3. The summed E-state index contributed by atoms with van der Waals surface area (Å²) in [6, 6.07) is 10.3. The number of cyclic esters (lactones) is 1. The quantitative estimate of drug-likeness (QED) is 0.675. The zero-order chi connectivity index (χ0) is 21.4. The minimum Gasteiger partial charge on any atom is -0.496 e. The Morgan fingerprint density at radius 2 is 1.60 bits per heavy atom. The van der Waals surface area contributed by atoms with Gasteiger partial charge in [0.05, 0.1) is 32.6 Å². The fraction of sp³-hybridized carbons (Fsp3) is 0.273. The number of ether oxygens (including phenoxy) is 4. The summed E-state index contributed by atoms with van der Waals surface area (Å²) in [5.74, 6) is 0.341. The van der Waals surface area contributed by atoms with E-state index >= 15 is 0 Å². The van der Waals surface area contributed by atoms with E-state index in [2.05, 4.69) is 0 Å². The van der Waals surface area contributed by atoms with E-state index in [9.17, 15) is 9.59 Å². The average Bonchev–Trinajstić information content (AvgIpc) is 3.14. The molecule has 7 nitrogen and oxygen atoms in total. The predicted octanol–water partition coefficient (Wildman–Crippen LogP) is 3.70. The minimum atomic E-state index is -0.527. The van der Waals surface area contributed by atoms with Gasteiger partial charge in [-0.1, -0.05) is 11.6 Å². The second-order valence-corrected chi connectivity index (χ2v) is 7.28. The first kappa shape index (κ1) is 20.1. The van der Waals surface area contributed by atoms with Gasteiger partial charge in [0.1, 0.15) is 12.4 Å². The first-order chi connectivity index (χ1) is 14.5. The molecule has 156 valence electrons. The third-order valence-electron chi connectivity index (χ3n) is 5.31. The molecule has 2 aromatic carbocycles. The van der Waals surface area contributed by atoms with Crippen molar-refractivity contribution in [3.05, 3.63) is 58.3 Å². The molecule has 0 fully saturated rings. The van der Waals surface area contributed by atoms with Gasteiger partial charge in [-0.05, 0) is 30.3 Å². The highest BCUT2D eigenvalue weighted by Crippen LogP contribution is 2.47. The van der Waals surface area contributed by atoms with Crippen molar-refractivity contribution < 1.29 is 28.5 Å². The zero-order valence-corrected chi connectivity index (χ0v) is 17.5. The molecule has 0 saturated carbocycles. The standard InChI is InChI=1S/C22H20ClNO6/c1-27-17-10-19(29-3)18(28-2)8-14(17)15-9-20(25)24(13-6-4-12(23)5-7-13)16-11-30-22(26)21(15)16/h4-8,10,15H,9,11H2,1-3H3/t15-/m0/s1. The van der Waals surface area contributed by atoms with E-state index in [0.717, 1.165) is 0 Å². The van der Waals surface area contributed by atoms with Crippen LogP contribution in [0, 0.1) is 0 Å². The van der Waals surface area contributed by atoms with E-state index in [4.69, 9.17) is 30.5 Å². The maximum absolute atomic E-state index is 13.2. The number of esters is 1. The number of hydrogen-bond donors (Lipinski definition) is 0. The lowest BCUT2D eigenvalue weighted by Gasteiger charge is -2.32. The number of nitrogens with zero attached hydrogens (tertiary/aromatic N) is 1. The fourth-order valence-electron chi connectivity index (χ4n) is 3.93. The molecule has 0 bridgehead atoms. The summed E-state index contributed by atoms with van der Waals surface area (Å²) in [6.07, 6.45) is 0.0718. The van der Waals surface area contributed by atoms with E-state index < -0.39 is 11.9 Å². The molecule has 2 aliphatic heterocycles. The largest absolute Gasteiger partial charge is 0.496 e. The maximum Gasteiger partial charge on any atom is 0.336 e. The summed E-state index contributed by atoms with van der Waals surface area (Å²) in [4.78, 5) is 27.4. The number of benzene rings is 2. The molecule has 0 spiro atoms. The summed E-state index contributed by atoms with van der Waals surface area (Å²) in [7, 11) is 4.58. The first-order valence-corrected chi connectivity index (χ1v) is 9.64. The van der Waals surface area contributed by atoms with Crippen LogP contribution < -0.4 is 19.1 Å². The van der Waals surface area contributed by atoms with Gasteiger partial charge in [0.2, 0.25) is 5.91 Å².